The lowest BCUT2D eigenvalue weighted by molar-refractivity contribution is 0.0646. The Hall–Kier alpha value is -1.33. The van der Waals surface area contributed by atoms with Crippen molar-refractivity contribution in [2.24, 2.45) is 0 Å². The molecule has 0 spiro atoms. The highest BCUT2D eigenvalue weighted by Gasteiger charge is 2.22. The van der Waals surface area contributed by atoms with Gasteiger partial charge in [-0.3, -0.25) is 0 Å². The summed E-state index contributed by atoms with van der Waals surface area (Å²) in [6, 6.07) is 1.07. The molecule has 7 heteroatoms. The van der Waals surface area contributed by atoms with Crippen molar-refractivity contribution >= 4 is 35.1 Å². The topological polar surface area (TPSA) is 87.5 Å². The number of aromatic nitrogens is 1. The largest absolute Gasteiger partial charge is 0.478 e. The number of aromatic carboxylic acids is 2. The maximum atomic E-state index is 10.6. The molecular formula is C7H3Cl2NO4. The van der Waals surface area contributed by atoms with E-state index < -0.39 is 23.2 Å². The third-order valence-electron chi connectivity index (χ3n) is 1.36. The second kappa shape index (κ2) is 3.81. The predicted octanol–water partition coefficient (Wildman–Crippen LogP) is 1.78. The molecule has 5 nitrogen and oxygen atoms in total. The summed E-state index contributed by atoms with van der Waals surface area (Å²) in [7, 11) is 0. The van der Waals surface area contributed by atoms with E-state index in [0.717, 1.165) is 6.07 Å². The van der Waals surface area contributed by atoms with Gasteiger partial charge in [-0.15, -0.1) is 0 Å². The van der Waals surface area contributed by atoms with Gasteiger partial charge >= 0.3 is 11.9 Å². The van der Waals surface area contributed by atoms with Crippen molar-refractivity contribution in [2.45, 2.75) is 0 Å². The Kier molecular flexibility index (Phi) is 2.93. The van der Waals surface area contributed by atoms with Crippen LogP contribution in [0, 0.1) is 0 Å². The Balaban J connectivity index is 3.52. The van der Waals surface area contributed by atoms with Crippen LogP contribution in [0.25, 0.3) is 0 Å². The van der Waals surface area contributed by atoms with E-state index in [1.54, 1.807) is 0 Å². The molecule has 14 heavy (non-hydrogen) atoms. The van der Waals surface area contributed by atoms with Crippen LogP contribution in [0.2, 0.25) is 10.2 Å². The van der Waals surface area contributed by atoms with Gasteiger partial charge < -0.3 is 10.2 Å². The average Bonchev–Trinajstić information content (AvgIpc) is 2.01. The van der Waals surface area contributed by atoms with Crippen LogP contribution in [0.15, 0.2) is 6.07 Å². The molecule has 0 aromatic carbocycles. The van der Waals surface area contributed by atoms with Crippen molar-refractivity contribution < 1.29 is 19.8 Å². The SMILES string of the molecule is O=C(O)c1nc(Cl)cc(Cl)c1C(=O)O. The van der Waals surface area contributed by atoms with Gasteiger partial charge in [0.15, 0.2) is 5.69 Å². The second-order valence-corrected chi connectivity index (χ2v) is 3.06. The Morgan fingerprint density at radius 3 is 2.21 bits per heavy atom. The zero-order valence-corrected chi connectivity index (χ0v) is 8.00. The molecule has 0 aliphatic rings. The molecule has 74 valence electrons. The number of carboxylic acid groups (broad SMARTS) is 2. The molecule has 0 aliphatic carbocycles. The molecule has 0 atom stereocenters. The molecule has 0 saturated heterocycles. The van der Waals surface area contributed by atoms with Gasteiger partial charge in [0.1, 0.15) is 10.7 Å². The molecule has 1 rings (SSSR count). The van der Waals surface area contributed by atoms with Crippen molar-refractivity contribution in [1.82, 2.24) is 4.98 Å². The van der Waals surface area contributed by atoms with Crippen molar-refractivity contribution in [3.8, 4) is 0 Å². The van der Waals surface area contributed by atoms with Gasteiger partial charge in [-0.25, -0.2) is 14.6 Å². The molecule has 2 N–H and O–H groups in total. The summed E-state index contributed by atoms with van der Waals surface area (Å²) in [5.74, 6) is -2.96. The van der Waals surface area contributed by atoms with Gasteiger partial charge in [-0.1, -0.05) is 23.2 Å². The maximum absolute atomic E-state index is 10.6. The molecule has 1 heterocycles. The minimum atomic E-state index is -1.49. The Bertz CT molecular complexity index is 418. The van der Waals surface area contributed by atoms with Crippen LogP contribution in [0.1, 0.15) is 20.8 Å². The first-order valence-corrected chi connectivity index (χ1v) is 4.01. The van der Waals surface area contributed by atoms with Gasteiger partial charge in [-0.05, 0) is 6.07 Å². The fourth-order valence-electron chi connectivity index (χ4n) is 0.843. The zero-order valence-electron chi connectivity index (χ0n) is 6.49. The minimum absolute atomic E-state index is 0.169. The first-order chi connectivity index (χ1) is 6.43. The summed E-state index contributed by atoms with van der Waals surface area (Å²) in [6.07, 6.45) is 0. The van der Waals surface area contributed by atoms with Gasteiger partial charge in [0.05, 0.1) is 5.02 Å². The van der Waals surface area contributed by atoms with Gasteiger partial charge in [0, 0.05) is 0 Å². The number of pyridine rings is 1. The summed E-state index contributed by atoms with van der Waals surface area (Å²) in [4.78, 5) is 24.6. The van der Waals surface area contributed by atoms with Crippen LogP contribution in [0.5, 0.6) is 0 Å². The monoisotopic (exact) mass is 235 g/mol. The number of nitrogens with zero attached hydrogens (tertiary/aromatic N) is 1. The number of carbonyl (C=O) groups is 2. The van der Waals surface area contributed by atoms with E-state index in [4.69, 9.17) is 33.4 Å². The Labute approximate surface area is 87.9 Å². The summed E-state index contributed by atoms with van der Waals surface area (Å²) in [6.45, 7) is 0. The normalized spacial score (nSPS) is 9.86. The standard InChI is InChI=1S/C7H3Cl2NO4/c8-2-1-3(9)10-5(7(13)14)4(2)6(11)12/h1H,(H,11,12)(H,13,14). The second-order valence-electron chi connectivity index (χ2n) is 2.26. The highest BCUT2D eigenvalue weighted by Crippen LogP contribution is 2.22. The lowest BCUT2D eigenvalue weighted by Gasteiger charge is -2.02. The predicted molar refractivity (Wildman–Crippen MR) is 48.2 cm³/mol. The van der Waals surface area contributed by atoms with E-state index in [1.807, 2.05) is 0 Å². The molecule has 0 aliphatic heterocycles. The summed E-state index contributed by atoms with van der Waals surface area (Å²) >= 11 is 10.9. The number of rotatable bonds is 2. The first kappa shape index (κ1) is 10.7. The van der Waals surface area contributed by atoms with Crippen molar-refractivity contribution in [1.29, 1.82) is 0 Å². The van der Waals surface area contributed by atoms with E-state index in [-0.39, 0.29) is 10.2 Å². The highest BCUT2D eigenvalue weighted by molar-refractivity contribution is 6.36. The van der Waals surface area contributed by atoms with Crippen molar-refractivity contribution in [3.63, 3.8) is 0 Å². The lowest BCUT2D eigenvalue weighted by Crippen LogP contribution is -2.11. The number of hydrogen-bond donors (Lipinski definition) is 2. The number of carboxylic acids is 2. The molecule has 0 unspecified atom stereocenters. The molecule has 1 aromatic rings. The van der Waals surface area contributed by atoms with Crippen molar-refractivity contribution in [2.75, 3.05) is 0 Å². The van der Waals surface area contributed by atoms with Crippen LogP contribution in [0.3, 0.4) is 0 Å². The summed E-state index contributed by atoms with van der Waals surface area (Å²) < 4.78 is 0. The Morgan fingerprint density at radius 1 is 1.21 bits per heavy atom. The summed E-state index contributed by atoms with van der Waals surface area (Å²) in [5, 5.41) is 16.9. The fourth-order valence-corrected chi connectivity index (χ4v) is 1.37. The molecule has 0 saturated carbocycles. The smallest absolute Gasteiger partial charge is 0.355 e. The summed E-state index contributed by atoms with van der Waals surface area (Å²) in [5.41, 5.74) is -1.24. The van der Waals surface area contributed by atoms with E-state index >= 15 is 0 Å². The average molecular weight is 236 g/mol. The third kappa shape index (κ3) is 1.94. The quantitative estimate of drug-likeness (QED) is 0.764. The highest BCUT2D eigenvalue weighted by atomic mass is 35.5. The van der Waals surface area contributed by atoms with E-state index in [1.165, 1.54) is 0 Å². The van der Waals surface area contributed by atoms with Crippen LogP contribution in [0.4, 0.5) is 0 Å². The molecular weight excluding hydrogens is 233 g/mol. The molecule has 0 fully saturated rings. The van der Waals surface area contributed by atoms with Crippen LogP contribution < -0.4 is 0 Å². The molecule has 1 aromatic heterocycles. The minimum Gasteiger partial charge on any atom is -0.478 e. The van der Waals surface area contributed by atoms with Crippen molar-refractivity contribution in [3.05, 3.63) is 27.5 Å². The fraction of sp³-hybridized carbons (Fsp3) is 0. The number of halogens is 2. The molecule has 0 bridgehead atoms. The van der Waals surface area contributed by atoms with Gasteiger partial charge in [-0.2, -0.15) is 0 Å². The van der Waals surface area contributed by atoms with Gasteiger partial charge in [0.2, 0.25) is 0 Å². The maximum Gasteiger partial charge on any atom is 0.355 e. The Morgan fingerprint density at radius 2 is 1.79 bits per heavy atom. The first-order valence-electron chi connectivity index (χ1n) is 3.26. The van der Waals surface area contributed by atoms with E-state index in [0.29, 0.717) is 0 Å². The van der Waals surface area contributed by atoms with Gasteiger partial charge in [0.25, 0.3) is 0 Å². The zero-order chi connectivity index (χ0) is 10.9. The number of hydrogen-bond acceptors (Lipinski definition) is 3. The third-order valence-corrected chi connectivity index (χ3v) is 1.85. The van der Waals surface area contributed by atoms with E-state index in [9.17, 15) is 9.59 Å². The van der Waals surface area contributed by atoms with E-state index in [2.05, 4.69) is 4.98 Å². The van der Waals surface area contributed by atoms with Crippen LogP contribution >= 0.6 is 23.2 Å². The van der Waals surface area contributed by atoms with Crippen LogP contribution in [-0.2, 0) is 0 Å². The molecule has 0 radical (unpaired) electrons. The lowest BCUT2D eigenvalue weighted by atomic mass is 10.2. The molecule has 0 amide bonds. The van der Waals surface area contributed by atoms with Crippen LogP contribution in [-0.4, -0.2) is 27.1 Å².